The number of amides is 2. The summed E-state index contributed by atoms with van der Waals surface area (Å²) in [6.45, 7) is 2.08. The van der Waals surface area contributed by atoms with Crippen molar-refractivity contribution in [2.24, 2.45) is 5.92 Å². The third-order valence-electron chi connectivity index (χ3n) is 6.19. The molecule has 4 N–H and O–H groups in total. The maximum atomic E-state index is 12.6. The summed E-state index contributed by atoms with van der Waals surface area (Å²) in [5.41, 5.74) is 4.88. The standard InChI is InChI=1S/C25H26N4O2/c30-24(10-7-16-4-3-11-26-14-16)28-18-8-9-23-20(13-18)21(25(31)29-23)12-17-15-27-22-6-2-1-5-19(17)22/h1-2,5-6,8-9,12-13,15-16,26-27H,3-4,7,10-11,14H2,(H,28,30)(H,29,31). The van der Waals surface area contributed by atoms with Crippen LogP contribution in [0.5, 0.6) is 0 Å². The van der Waals surface area contributed by atoms with Gasteiger partial charge in [-0.15, -0.1) is 0 Å². The van der Waals surface area contributed by atoms with Crippen LogP contribution >= 0.6 is 0 Å². The molecule has 2 aromatic carbocycles. The fourth-order valence-electron chi connectivity index (χ4n) is 4.51. The number of anilines is 2. The molecule has 0 radical (unpaired) electrons. The van der Waals surface area contributed by atoms with Gasteiger partial charge in [-0.1, -0.05) is 18.2 Å². The van der Waals surface area contributed by atoms with Crippen molar-refractivity contribution in [1.29, 1.82) is 0 Å². The van der Waals surface area contributed by atoms with E-state index in [1.807, 2.05) is 54.7 Å². The molecule has 6 heteroatoms. The number of nitrogens with one attached hydrogen (secondary N) is 4. The van der Waals surface area contributed by atoms with Crippen LogP contribution in [-0.2, 0) is 9.59 Å². The molecule has 0 saturated carbocycles. The highest BCUT2D eigenvalue weighted by atomic mass is 16.2. The van der Waals surface area contributed by atoms with E-state index in [9.17, 15) is 9.59 Å². The third kappa shape index (κ3) is 4.11. The van der Waals surface area contributed by atoms with Gasteiger partial charge >= 0.3 is 0 Å². The Balaban J connectivity index is 1.34. The Morgan fingerprint density at radius 2 is 2.10 bits per heavy atom. The fourth-order valence-corrected chi connectivity index (χ4v) is 4.51. The molecule has 2 amide bonds. The summed E-state index contributed by atoms with van der Waals surface area (Å²) in [6.07, 6.45) is 7.60. The molecule has 1 aromatic heterocycles. The van der Waals surface area contributed by atoms with Crippen LogP contribution in [0.25, 0.3) is 22.6 Å². The molecule has 1 saturated heterocycles. The zero-order chi connectivity index (χ0) is 21.2. The molecule has 0 bridgehead atoms. The lowest BCUT2D eigenvalue weighted by atomic mass is 9.94. The molecule has 3 aromatic rings. The summed E-state index contributed by atoms with van der Waals surface area (Å²) in [6, 6.07) is 13.6. The number of carbonyl (C=O) groups excluding carboxylic acids is 2. The van der Waals surface area contributed by atoms with Gasteiger partial charge in [0.2, 0.25) is 5.91 Å². The highest BCUT2D eigenvalue weighted by Crippen LogP contribution is 2.36. The molecule has 2 aliphatic rings. The second kappa shape index (κ2) is 8.40. The molecular formula is C25H26N4O2. The number of aromatic nitrogens is 1. The first kappa shape index (κ1) is 19.6. The second-order valence-electron chi connectivity index (χ2n) is 8.36. The van der Waals surface area contributed by atoms with E-state index in [-0.39, 0.29) is 11.8 Å². The highest BCUT2D eigenvalue weighted by Gasteiger charge is 2.25. The Morgan fingerprint density at radius 1 is 1.19 bits per heavy atom. The zero-order valence-electron chi connectivity index (χ0n) is 17.3. The van der Waals surface area contributed by atoms with Crippen molar-refractivity contribution >= 4 is 45.7 Å². The summed E-state index contributed by atoms with van der Waals surface area (Å²) in [7, 11) is 0. The number of benzene rings is 2. The van der Waals surface area contributed by atoms with Gasteiger partial charge in [0.25, 0.3) is 5.91 Å². The van der Waals surface area contributed by atoms with E-state index in [0.717, 1.165) is 47.2 Å². The average molecular weight is 415 g/mol. The van der Waals surface area contributed by atoms with Gasteiger partial charge in [-0.3, -0.25) is 9.59 Å². The van der Waals surface area contributed by atoms with Crippen molar-refractivity contribution in [2.45, 2.75) is 25.7 Å². The minimum Gasteiger partial charge on any atom is -0.361 e. The van der Waals surface area contributed by atoms with E-state index >= 15 is 0 Å². The molecule has 1 unspecified atom stereocenters. The quantitative estimate of drug-likeness (QED) is 0.468. The van der Waals surface area contributed by atoms with Gasteiger partial charge in [0.05, 0.1) is 0 Å². The molecular weight excluding hydrogens is 388 g/mol. The summed E-state index contributed by atoms with van der Waals surface area (Å²) < 4.78 is 0. The van der Waals surface area contributed by atoms with Crippen LogP contribution < -0.4 is 16.0 Å². The summed E-state index contributed by atoms with van der Waals surface area (Å²) in [5, 5.41) is 10.4. The zero-order valence-corrected chi connectivity index (χ0v) is 17.3. The van der Waals surface area contributed by atoms with Crippen LogP contribution in [0.15, 0.2) is 48.7 Å². The van der Waals surface area contributed by atoms with Gasteiger partial charge in [0.1, 0.15) is 0 Å². The molecule has 158 valence electrons. The highest BCUT2D eigenvalue weighted by molar-refractivity contribution is 6.35. The largest absolute Gasteiger partial charge is 0.361 e. The van der Waals surface area contributed by atoms with Gasteiger partial charge < -0.3 is 20.9 Å². The van der Waals surface area contributed by atoms with E-state index in [0.29, 0.717) is 23.6 Å². The Hall–Kier alpha value is -3.38. The predicted molar refractivity (Wildman–Crippen MR) is 125 cm³/mol. The number of H-pyrrole nitrogens is 1. The fraction of sp³-hybridized carbons (Fsp3) is 0.280. The minimum absolute atomic E-state index is 0.0185. The smallest absolute Gasteiger partial charge is 0.256 e. The van der Waals surface area contributed by atoms with Gasteiger partial charge in [-0.2, -0.15) is 0 Å². The number of carbonyl (C=O) groups is 2. The number of fused-ring (bicyclic) bond motifs is 2. The van der Waals surface area contributed by atoms with Gasteiger partial charge in [0.15, 0.2) is 0 Å². The van der Waals surface area contributed by atoms with Gasteiger partial charge in [-0.05, 0) is 68.6 Å². The molecule has 2 aliphatic heterocycles. The van der Waals surface area contributed by atoms with E-state index < -0.39 is 0 Å². The number of aromatic amines is 1. The molecule has 3 heterocycles. The maximum absolute atomic E-state index is 12.6. The third-order valence-corrected chi connectivity index (χ3v) is 6.19. The van der Waals surface area contributed by atoms with Crippen molar-refractivity contribution in [1.82, 2.24) is 10.3 Å². The molecule has 6 nitrogen and oxygen atoms in total. The van der Waals surface area contributed by atoms with E-state index in [4.69, 9.17) is 0 Å². The first-order valence-electron chi connectivity index (χ1n) is 10.9. The number of rotatable bonds is 5. The van der Waals surface area contributed by atoms with Crippen molar-refractivity contribution in [3.05, 3.63) is 59.8 Å². The lowest BCUT2D eigenvalue weighted by Gasteiger charge is -2.22. The minimum atomic E-state index is -0.131. The molecule has 31 heavy (non-hydrogen) atoms. The van der Waals surface area contributed by atoms with E-state index in [1.165, 1.54) is 12.8 Å². The molecule has 1 fully saturated rings. The SMILES string of the molecule is O=C(CCC1CCCNC1)Nc1ccc2c(c1)C(=Cc1c[nH]c3ccccc13)C(=O)N2. The summed E-state index contributed by atoms with van der Waals surface area (Å²) >= 11 is 0. The lowest BCUT2D eigenvalue weighted by molar-refractivity contribution is -0.116. The Morgan fingerprint density at radius 3 is 2.97 bits per heavy atom. The Bertz CT molecular complexity index is 1170. The van der Waals surface area contributed by atoms with Crippen LogP contribution in [0.4, 0.5) is 11.4 Å². The van der Waals surface area contributed by atoms with Crippen molar-refractivity contribution in [3.63, 3.8) is 0 Å². The topological polar surface area (TPSA) is 86.0 Å². The van der Waals surface area contributed by atoms with Gasteiger partial charge in [0, 0.05) is 51.6 Å². The van der Waals surface area contributed by atoms with Crippen molar-refractivity contribution in [3.8, 4) is 0 Å². The first-order chi connectivity index (χ1) is 15.2. The summed E-state index contributed by atoms with van der Waals surface area (Å²) in [5.74, 6) is 0.463. The molecule has 0 spiro atoms. The normalized spacial score (nSPS) is 19.4. The second-order valence-corrected chi connectivity index (χ2v) is 8.36. The Labute approximate surface area is 181 Å². The van der Waals surface area contributed by atoms with Crippen molar-refractivity contribution < 1.29 is 9.59 Å². The number of para-hydroxylation sites is 1. The van der Waals surface area contributed by atoms with Crippen LogP contribution in [-0.4, -0.2) is 29.9 Å². The Kier molecular flexibility index (Phi) is 5.30. The average Bonchev–Trinajstić information content (AvgIpc) is 3.34. The summed E-state index contributed by atoms with van der Waals surface area (Å²) in [4.78, 5) is 28.3. The molecule has 0 aliphatic carbocycles. The predicted octanol–water partition coefficient (Wildman–Crippen LogP) is 4.38. The van der Waals surface area contributed by atoms with Crippen LogP contribution in [0.3, 0.4) is 0 Å². The number of piperidine rings is 1. The first-order valence-corrected chi connectivity index (χ1v) is 10.9. The van der Waals surface area contributed by atoms with Gasteiger partial charge in [-0.25, -0.2) is 0 Å². The molecule has 1 atom stereocenters. The monoisotopic (exact) mass is 414 g/mol. The lowest BCUT2D eigenvalue weighted by Crippen LogP contribution is -2.30. The van der Waals surface area contributed by atoms with Crippen LogP contribution in [0, 0.1) is 5.92 Å². The van der Waals surface area contributed by atoms with Crippen LogP contribution in [0.2, 0.25) is 0 Å². The number of hydrogen-bond donors (Lipinski definition) is 4. The number of hydrogen-bond acceptors (Lipinski definition) is 3. The van der Waals surface area contributed by atoms with E-state index in [2.05, 4.69) is 20.9 Å². The van der Waals surface area contributed by atoms with Crippen LogP contribution in [0.1, 0.15) is 36.8 Å². The van der Waals surface area contributed by atoms with E-state index in [1.54, 1.807) is 0 Å². The molecule has 5 rings (SSSR count). The maximum Gasteiger partial charge on any atom is 0.256 e. The van der Waals surface area contributed by atoms with Crippen molar-refractivity contribution in [2.75, 3.05) is 23.7 Å².